The summed E-state index contributed by atoms with van der Waals surface area (Å²) >= 11 is 0. The largest absolute Gasteiger partial charge is 0.507 e. The van der Waals surface area contributed by atoms with Crippen LogP contribution >= 0.6 is 0 Å². The van der Waals surface area contributed by atoms with Crippen molar-refractivity contribution in [2.45, 2.75) is 71.3 Å². The molecule has 3 N–H and O–H groups in total. The normalized spacial score (nSPS) is 11.9. The summed E-state index contributed by atoms with van der Waals surface area (Å²) in [5.74, 6) is 0.397. The van der Waals surface area contributed by atoms with Gasteiger partial charge in [-0.25, -0.2) is 4.79 Å². The van der Waals surface area contributed by atoms with Gasteiger partial charge in [-0.15, -0.1) is 0 Å². The fourth-order valence-electron chi connectivity index (χ4n) is 5.06. The summed E-state index contributed by atoms with van der Waals surface area (Å²) in [4.78, 5) is 13.3. The molecule has 0 aliphatic rings. The van der Waals surface area contributed by atoms with E-state index in [1.54, 1.807) is 0 Å². The van der Waals surface area contributed by atoms with Crippen LogP contribution in [0, 0.1) is 0 Å². The molecule has 4 rings (SSSR count). The van der Waals surface area contributed by atoms with Crippen molar-refractivity contribution in [1.29, 1.82) is 0 Å². The van der Waals surface area contributed by atoms with Crippen molar-refractivity contribution in [3.05, 3.63) is 130 Å². The van der Waals surface area contributed by atoms with Gasteiger partial charge in [0.05, 0.1) is 6.04 Å². The Morgan fingerprint density at radius 3 is 1.68 bits per heavy atom. The number of aryl methyl sites for hydroxylation is 2. The summed E-state index contributed by atoms with van der Waals surface area (Å²) in [7, 11) is 0. The maximum absolute atomic E-state index is 13.3. The van der Waals surface area contributed by atoms with Crippen LogP contribution in [0.1, 0.15) is 81.0 Å². The third kappa shape index (κ3) is 7.12. The number of urea groups is 1. The average molecular weight is 535 g/mol. The summed E-state index contributed by atoms with van der Waals surface area (Å²) in [5, 5.41) is 17.4. The minimum absolute atomic E-state index is 0.175. The highest BCUT2D eigenvalue weighted by Gasteiger charge is 2.26. The monoisotopic (exact) mass is 534 g/mol. The number of aromatic hydroxyl groups is 1. The Morgan fingerprint density at radius 2 is 1.18 bits per heavy atom. The van der Waals surface area contributed by atoms with Gasteiger partial charge in [-0.1, -0.05) is 133 Å². The van der Waals surface area contributed by atoms with Gasteiger partial charge in [0.2, 0.25) is 0 Å². The molecular weight excluding hydrogens is 492 g/mol. The van der Waals surface area contributed by atoms with E-state index in [0.717, 1.165) is 46.3 Å². The van der Waals surface area contributed by atoms with Crippen LogP contribution in [0.15, 0.2) is 97.1 Å². The van der Waals surface area contributed by atoms with E-state index in [-0.39, 0.29) is 22.9 Å². The molecule has 0 aliphatic heterocycles. The van der Waals surface area contributed by atoms with Gasteiger partial charge in [0.1, 0.15) is 5.75 Å². The Balaban J connectivity index is 1.54. The number of benzene rings is 4. The topological polar surface area (TPSA) is 61.4 Å². The first kappa shape index (κ1) is 28.9. The zero-order chi connectivity index (χ0) is 28.9. The predicted molar refractivity (Wildman–Crippen MR) is 166 cm³/mol. The maximum Gasteiger partial charge on any atom is 0.319 e. The second kappa shape index (κ2) is 12.0. The Bertz CT molecular complexity index is 1360. The molecule has 2 amide bonds. The summed E-state index contributed by atoms with van der Waals surface area (Å²) in [6, 6.07) is 31.7. The molecule has 0 saturated heterocycles. The molecule has 0 fully saturated rings. The Kier molecular flexibility index (Phi) is 8.68. The minimum atomic E-state index is -0.266. The van der Waals surface area contributed by atoms with E-state index in [2.05, 4.69) is 70.4 Å². The molecule has 0 unspecified atom stereocenters. The van der Waals surface area contributed by atoms with Crippen molar-refractivity contribution in [2.24, 2.45) is 0 Å². The van der Waals surface area contributed by atoms with E-state index in [1.807, 2.05) is 78.9 Å². The summed E-state index contributed by atoms with van der Waals surface area (Å²) < 4.78 is 0. The van der Waals surface area contributed by atoms with Gasteiger partial charge in [-0.3, -0.25) is 0 Å². The molecule has 0 spiro atoms. The van der Waals surface area contributed by atoms with Crippen molar-refractivity contribution >= 4 is 11.7 Å². The van der Waals surface area contributed by atoms with Crippen molar-refractivity contribution in [3.8, 4) is 5.75 Å². The van der Waals surface area contributed by atoms with E-state index >= 15 is 0 Å². The molecule has 0 heterocycles. The van der Waals surface area contributed by atoms with Crippen molar-refractivity contribution in [3.63, 3.8) is 0 Å². The number of rotatable bonds is 7. The highest BCUT2D eigenvalue weighted by Crippen LogP contribution is 2.40. The molecule has 0 aromatic heterocycles. The van der Waals surface area contributed by atoms with Gasteiger partial charge < -0.3 is 15.7 Å². The standard InChI is InChI=1S/C36H42N2O2/c1-35(2,3)29-23-25(24-30(33(29)39)36(4,5)6)21-22-26-15-13-14-20-31(26)37-34(40)38-32(27-16-9-7-10-17-27)28-18-11-8-12-19-28/h7-20,23-24,32,39H,21-22H2,1-6H3,(H2,37,38,40). The Hall–Kier alpha value is -4.05. The summed E-state index contributed by atoms with van der Waals surface area (Å²) in [5.41, 5.74) is 6.67. The number of nitrogens with one attached hydrogen (secondary N) is 2. The van der Waals surface area contributed by atoms with Gasteiger partial charge in [-0.2, -0.15) is 0 Å². The molecule has 4 nitrogen and oxygen atoms in total. The number of amides is 2. The lowest BCUT2D eigenvalue weighted by Crippen LogP contribution is -2.33. The van der Waals surface area contributed by atoms with Crippen LogP contribution in [0.2, 0.25) is 0 Å². The average Bonchev–Trinajstić information content (AvgIpc) is 2.91. The van der Waals surface area contributed by atoms with Crippen molar-refractivity contribution in [2.75, 3.05) is 5.32 Å². The lowest BCUT2D eigenvalue weighted by molar-refractivity contribution is 0.250. The number of hydrogen-bond acceptors (Lipinski definition) is 2. The molecule has 4 heteroatoms. The first-order valence-electron chi connectivity index (χ1n) is 14.1. The third-order valence-corrected chi connectivity index (χ3v) is 7.28. The van der Waals surface area contributed by atoms with Gasteiger partial charge in [0.25, 0.3) is 0 Å². The number of phenolic OH excluding ortho intramolecular Hbond substituents is 1. The molecule has 4 aromatic rings. The van der Waals surface area contributed by atoms with E-state index in [4.69, 9.17) is 0 Å². The van der Waals surface area contributed by atoms with Crippen LogP contribution in [0.25, 0.3) is 0 Å². The zero-order valence-electron chi connectivity index (χ0n) is 24.6. The smallest absolute Gasteiger partial charge is 0.319 e. The predicted octanol–water partition coefficient (Wildman–Crippen LogP) is 8.68. The molecular formula is C36H42N2O2. The van der Waals surface area contributed by atoms with E-state index < -0.39 is 0 Å². The minimum Gasteiger partial charge on any atom is -0.507 e. The number of hydrogen-bond donors (Lipinski definition) is 3. The number of phenols is 1. The molecule has 4 aromatic carbocycles. The van der Waals surface area contributed by atoms with E-state index in [1.165, 1.54) is 5.56 Å². The number of anilines is 1. The van der Waals surface area contributed by atoms with Gasteiger partial charge in [0, 0.05) is 5.69 Å². The fourth-order valence-corrected chi connectivity index (χ4v) is 5.06. The van der Waals surface area contributed by atoms with Crippen LogP contribution in [0.5, 0.6) is 5.75 Å². The van der Waals surface area contributed by atoms with Crippen LogP contribution < -0.4 is 10.6 Å². The molecule has 208 valence electrons. The zero-order valence-corrected chi connectivity index (χ0v) is 24.6. The lowest BCUT2D eigenvalue weighted by Gasteiger charge is -2.28. The van der Waals surface area contributed by atoms with E-state index in [0.29, 0.717) is 5.75 Å². The summed E-state index contributed by atoms with van der Waals surface area (Å²) in [6.45, 7) is 12.8. The maximum atomic E-state index is 13.3. The molecule has 0 radical (unpaired) electrons. The molecule has 0 aliphatic carbocycles. The first-order chi connectivity index (χ1) is 18.9. The van der Waals surface area contributed by atoms with Gasteiger partial charge in [0.15, 0.2) is 0 Å². The molecule has 0 saturated carbocycles. The number of para-hydroxylation sites is 1. The molecule has 0 atom stereocenters. The van der Waals surface area contributed by atoms with Crippen molar-refractivity contribution < 1.29 is 9.90 Å². The second-order valence-corrected chi connectivity index (χ2v) is 12.5. The lowest BCUT2D eigenvalue weighted by atomic mass is 9.78. The highest BCUT2D eigenvalue weighted by atomic mass is 16.3. The number of carbonyl (C=O) groups is 1. The fraction of sp³-hybridized carbons (Fsp3) is 0.306. The van der Waals surface area contributed by atoms with Crippen LogP contribution in [-0.2, 0) is 23.7 Å². The van der Waals surface area contributed by atoms with E-state index in [9.17, 15) is 9.90 Å². The van der Waals surface area contributed by atoms with Crippen LogP contribution in [-0.4, -0.2) is 11.1 Å². The number of carbonyl (C=O) groups excluding carboxylic acids is 1. The van der Waals surface area contributed by atoms with Crippen molar-refractivity contribution in [1.82, 2.24) is 5.32 Å². The van der Waals surface area contributed by atoms with Crippen LogP contribution in [0.4, 0.5) is 10.5 Å². The summed E-state index contributed by atoms with van der Waals surface area (Å²) in [6.07, 6.45) is 1.55. The second-order valence-electron chi connectivity index (χ2n) is 12.5. The van der Waals surface area contributed by atoms with Gasteiger partial charge >= 0.3 is 6.03 Å². The Labute approximate surface area is 239 Å². The first-order valence-corrected chi connectivity index (χ1v) is 14.1. The Morgan fingerprint density at radius 1 is 0.700 bits per heavy atom. The van der Waals surface area contributed by atoms with Crippen LogP contribution in [0.3, 0.4) is 0 Å². The highest BCUT2D eigenvalue weighted by molar-refractivity contribution is 5.90. The van der Waals surface area contributed by atoms with Gasteiger partial charge in [-0.05, 0) is 63.1 Å². The molecule has 0 bridgehead atoms. The third-order valence-electron chi connectivity index (χ3n) is 7.28. The quantitative estimate of drug-likeness (QED) is 0.222. The SMILES string of the molecule is CC(C)(C)c1cc(CCc2ccccc2NC(=O)NC(c2ccccc2)c2ccccc2)cc(C(C)(C)C)c1O. The molecule has 40 heavy (non-hydrogen) atoms.